The summed E-state index contributed by atoms with van der Waals surface area (Å²) in [5.74, 6) is 0.407. The first-order chi connectivity index (χ1) is 8.21. The van der Waals surface area contributed by atoms with Crippen LogP contribution in [-0.2, 0) is 9.53 Å². The molecule has 0 radical (unpaired) electrons. The molecule has 0 atom stereocenters. The second-order valence-corrected chi connectivity index (χ2v) is 3.12. The lowest BCUT2D eigenvalue weighted by Gasteiger charge is -2.09. The van der Waals surface area contributed by atoms with Crippen LogP contribution in [-0.4, -0.2) is 32.6 Å². The summed E-state index contributed by atoms with van der Waals surface area (Å²) in [5, 5.41) is 0. The van der Waals surface area contributed by atoms with E-state index in [0.717, 1.165) is 0 Å². The Morgan fingerprint density at radius 2 is 2.12 bits per heavy atom. The van der Waals surface area contributed by atoms with E-state index in [1.54, 1.807) is 18.2 Å². The molecule has 0 N–H and O–H groups in total. The molecule has 0 fully saturated rings. The Morgan fingerprint density at radius 1 is 1.35 bits per heavy atom. The summed E-state index contributed by atoms with van der Waals surface area (Å²) < 4.78 is 14.8. The Hall–Kier alpha value is -2.04. The summed E-state index contributed by atoms with van der Waals surface area (Å²) in [6.07, 6.45) is 0.648. The van der Waals surface area contributed by atoms with Crippen molar-refractivity contribution in [3.05, 3.63) is 23.8 Å². The number of benzene rings is 1. The van der Waals surface area contributed by atoms with Crippen LogP contribution < -0.4 is 9.47 Å². The van der Waals surface area contributed by atoms with Crippen molar-refractivity contribution in [3.8, 4) is 11.5 Å². The summed E-state index contributed by atoms with van der Waals surface area (Å²) >= 11 is 0. The van der Waals surface area contributed by atoms with Gasteiger partial charge in [-0.25, -0.2) is 4.79 Å². The fourth-order valence-electron chi connectivity index (χ4n) is 1.20. The van der Waals surface area contributed by atoms with Crippen molar-refractivity contribution in [2.24, 2.45) is 0 Å². The average molecular weight is 238 g/mol. The van der Waals surface area contributed by atoms with Crippen molar-refractivity contribution in [1.82, 2.24) is 0 Å². The molecular weight excluding hydrogens is 224 g/mol. The summed E-state index contributed by atoms with van der Waals surface area (Å²) in [5.41, 5.74) is 0.333. The van der Waals surface area contributed by atoms with Crippen LogP contribution in [0.2, 0.25) is 0 Å². The standard InChI is InChI=1S/C12H14O5/c1-3-16-10-4-5-11(9(6-10)7-13)17-8-12(14)15-2/h4-7H,3,8H2,1-2H3. The first kappa shape index (κ1) is 13.0. The zero-order valence-corrected chi connectivity index (χ0v) is 9.76. The molecule has 0 unspecified atom stereocenters. The number of carbonyl (C=O) groups excluding carboxylic acids is 2. The van der Waals surface area contributed by atoms with Crippen LogP contribution in [0, 0.1) is 0 Å². The van der Waals surface area contributed by atoms with Gasteiger partial charge in [-0.15, -0.1) is 0 Å². The van der Waals surface area contributed by atoms with Gasteiger partial charge < -0.3 is 14.2 Å². The highest BCUT2D eigenvalue weighted by molar-refractivity contribution is 5.80. The predicted molar refractivity (Wildman–Crippen MR) is 60.5 cm³/mol. The summed E-state index contributed by atoms with van der Waals surface area (Å²) in [6.45, 7) is 2.13. The van der Waals surface area contributed by atoms with E-state index in [2.05, 4.69) is 4.74 Å². The SMILES string of the molecule is CCOc1ccc(OCC(=O)OC)c(C=O)c1. The van der Waals surface area contributed by atoms with E-state index in [-0.39, 0.29) is 6.61 Å². The van der Waals surface area contributed by atoms with E-state index in [1.807, 2.05) is 6.92 Å². The number of carbonyl (C=O) groups is 2. The maximum atomic E-state index is 10.9. The van der Waals surface area contributed by atoms with E-state index in [1.165, 1.54) is 7.11 Å². The van der Waals surface area contributed by atoms with Gasteiger partial charge >= 0.3 is 5.97 Å². The topological polar surface area (TPSA) is 61.8 Å². The van der Waals surface area contributed by atoms with Crippen LogP contribution in [0.1, 0.15) is 17.3 Å². The molecule has 0 spiro atoms. The van der Waals surface area contributed by atoms with E-state index in [4.69, 9.17) is 9.47 Å². The summed E-state index contributed by atoms with van der Waals surface area (Å²) in [7, 11) is 1.27. The van der Waals surface area contributed by atoms with Crippen molar-refractivity contribution in [1.29, 1.82) is 0 Å². The maximum Gasteiger partial charge on any atom is 0.343 e. The van der Waals surface area contributed by atoms with Crippen molar-refractivity contribution in [3.63, 3.8) is 0 Å². The van der Waals surface area contributed by atoms with Crippen LogP contribution in [0.5, 0.6) is 11.5 Å². The number of rotatable bonds is 6. The molecule has 0 aromatic heterocycles. The zero-order chi connectivity index (χ0) is 12.7. The Morgan fingerprint density at radius 3 is 2.71 bits per heavy atom. The molecule has 0 amide bonds. The van der Waals surface area contributed by atoms with Gasteiger partial charge in [0.05, 0.1) is 19.3 Å². The first-order valence-electron chi connectivity index (χ1n) is 5.13. The van der Waals surface area contributed by atoms with Crippen molar-refractivity contribution in [2.75, 3.05) is 20.3 Å². The van der Waals surface area contributed by atoms with Gasteiger partial charge in [0.2, 0.25) is 0 Å². The van der Waals surface area contributed by atoms with Crippen molar-refractivity contribution < 1.29 is 23.8 Å². The highest BCUT2D eigenvalue weighted by atomic mass is 16.6. The highest BCUT2D eigenvalue weighted by Crippen LogP contribution is 2.22. The molecule has 1 aromatic carbocycles. The van der Waals surface area contributed by atoms with E-state index in [0.29, 0.717) is 30.0 Å². The van der Waals surface area contributed by atoms with Gasteiger partial charge in [-0.1, -0.05) is 0 Å². The quantitative estimate of drug-likeness (QED) is 0.554. The van der Waals surface area contributed by atoms with Crippen LogP contribution in [0.4, 0.5) is 0 Å². The van der Waals surface area contributed by atoms with Gasteiger partial charge in [0, 0.05) is 0 Å². The molecule has 5 nitrogen and oxygen atoms in total. The predicted octanol–water partition coefficient (Wildman–Crippen LogP) is 1.45. The lowest BCUT2D eigenvalue weighted by molar-refractivity contribution is -0.142. The number of hydrogen-bond donors (Lipinski definition) is 0. The molecule has 0 aliphatic carbocycles. The van der Waals surface area contributed by atoms with Gasteiger partial charge in [-0.2, -0.15) is 0 Å². The fourth-order valence-corrected chi connectivity index (χ4v) is 1.20. The Kier molecular flexibility index (Phi) is 5.00. The Labute approximate surface area is 99.3 Å². The third-order valence-corrected chi connectivity index (χ3v) is 1.99. The number of methoxy groups -OCH3 is 1. The number of aldehydes is 1. The molecule has 92 valence electrons. The van der Waals surface area contributed by atoms with Crippen molar-refractivity contribution in [2.45, 2.75) is 6.92 Å². The molecule has 17 heavy (non-hydrogen) atoms. The van der Waals surface area contributed by atoms with Gasteiger partial charge in [0.25, 0.3) is 0 Å². The lowest BCUT2D eigenvalue weighted by atomic mass is 10.2. The minimum Gasteiger partial charge on any atom is -0.494 e. The molecule has 0 saturated carbocycles. The minimum atomic E-state index is -0.504. The van der Waals surface area contributed by atoms with Crippen LogP contribution in [0.3, 0.4) is 0 Å². The monoisotopic (exact) mass is 238 g/mol. The minimum absolute atomic E-state index is 0.231. The third-order valence-electron chi connectivity index (χ3n) is 1.99. The normalized spacial score (nSPS) is 9.53. The molecule has 1 aromatic rings. The van der Waals surface area contributed by atoms with Gasteiger partial charge in [0.1, 0.15) is 11.5 Å². The maximum absolute atomic E-state index is 10.9. The Bertz CT molecular complexity index is 400. The number of hydrogen-bond acceptors (Lipinski definition) is 5. The second-order valence-electron chi connectivity index (χ2n) is 3.12. The number of esters is 1. The molecule has 5 heteroatoms. The zero-order valence-electron chi connectivity index (χ0n) is 9.76. The van der Waals surface area contributed by atoms with Crippen LogP contribution in [0.25, 0.3) is 0 Å². The molecule has 0 saturated heterocycles. The lowest BCUT2D eigenvalue weighted by Crippen LogP contribution is -2.13. The molecule has 0 bridgehead atoms. The van der Waals surface area contributed by atoms with Gasteiger partial charge in [0.15, 0.2) is 12.9 Å². The molecular formula is C12H14O5. The summed E-state index contributed by atoms with van der Waals surface area (Å²) in [4.78, 5) is 21.7. The third kappa shape index (κ3) is 3.79. The molecule has 0 aliphatic rings. The molecule has 0 aliphatic heterocycles. The van der Waals surface area contributed by atoms with Gasteiger partial charge in [-0.05, 0) is 25.1 Å². The largest absolute Gasteiger partial charge is 0.494 e. The molecule has 0 heterocycles. The number of ether oxygens (including phenoxy) is 3. The fraction of sp³-hybridized carbons (Fsp3) is 0.333. The van der Waals surface area contributed by atoms with E-state index in [9.17, 15) is 9.59 Å². The van der Waals surface area contributed by atoms with Crippen LogP contribution in [0.15, 0.2) is 18.2 Å². The molecule has 1 rings (SSSR count). The van der Waals surface area contributed by atoms with E-state index < -0.39 is 5.97 Å². The first-order valence-corrected chi connectivity index (χ1v) is 5.13. The summed E-state index contributed by atoms with van der Waals surface area (Å²) in [6, 6.07) is 4.81. The van der Waals surface area contributed by atoms with Crippen LogP contribution >= 0.6 is 0 Å². The van der Waals surface area contributed by atoms with Gasteiger partial charge in [-0.3, -0.25) is 4.79 Å². The Balaban J connectivity index is 2.78. The smallest absolute Gasteiger partial charge is 0.343 e. The second kappa shape index (κ2) is 6.52. The van der Waals surface area contributed by atoms with E-state index >= 15 is 0 Å². The van der Waals surface area contributed by atoms with Crippen molar-refractivity contribution >= 4 is 12.3 Å². The average Bonchev–Trinajstić information content (AvgIpc) is 2.36. The highest BCUT2D eigenvalue weighted by Gasteiger charge is 2.07.